The van der Waals surface area contributed by atoms with Gasteiger partial charge in [-0.3, -0.25) is 0 Å². The Morgan fingerprint density at radius 3 is 1.58 bits per heavy atom. The Labute approximate surface area is 80.0 Å². The molecule has 0 saturated carbocycles. The van der Waals surface area contributed by atoms with Gasteiger partial charge in [-0.15, -0.1) is 0 Å². The Balaban J connectivity index is 0. The molecule has 70 valence electrons. The molecule has 0 aliphatic rings. The molecule has 0 spiro atoms. The lowest BCUT2D eigenvalue weighted by Crippen LogP contribution is -1.83. The van der Waals surface area contributed by atoms with E-state index in [0.717, 1.165) is 0 Å². The third kappa shape index (κ3) is 5.32. The van der Waals surface area contributed by atoms with E-state index in [0.29, 0.717) is 5.92 Å². The molecule has 1 rings (SSSR count). The highest BCUT2D eigenvalue weighted by Crippen LogP contribution is 2.11. The standard InChI is InChI=1S/C9H12.C2H6.H3P/c1-8(2)9-6-4-3-5-7-9;1-2;/h3-8H,1-2H3;1-2H3;1H3. The fourth-order valence-electron chi connectivity index (χ4n) is 0.838. The van der Waals surface area contributed by atoms with Gasteiger partial charge in [-0.05, 0) is 11.5 Å². The third-order valence-corrected chi connectivity index (χ3v) is 1.47. The molecule has 0 aromatic heterocycles. The van der Waals surface area contributed by atoms with Gasteiger partial charge in [0.25, 0.3) is 0 Å². The molecule has 0 N–H and O–H groups in total. The molecule has 0 bridgehead atoms. The second-order valence-corrected chi connectivity index (χ2v) is 2.57. The maximum absolute atomic E-state index is 2.20. The van der Waals surface area contributed by atoms with Crippen LogP contribution in [0.25, 0.3) is 0 Å². The van der Waals surface area contributed by atoms with E-state index in [4.69, 9.17) is 0 Å². The molecule has 1 heteroatoms. The molecular weight excluding hydrogens is 163 g/mol. The monoisotopic (exact) mass is 184 g/mol. The van der Waals surface area contributed by atoms with Crippen molar-refractivity contribution in [2.24, 2.45) is 0 Å². The van der Waals surface area contributed by atoms with Crippen molar-refractivity contribution in [3.05, 3.63) is 35.9 Å². The first-order chi connectivity index (χ1) is 5.30. The van der Waals surface area contributed by atoms with Crippen LogP contribution in [0.3, 0.4) is 0 Å². The molecule has 1 atom stereocenters. The number of hydrogen-bond donors (Lipinski definition) is 0. The zero-order valence-electron chi connectivity index (χ0n) is 8.67. The van der Waals surface area contributed by atoms with Crippen LogP contribution in [0, 0.1) is 0 Å². The van der Waals surface area contributed by atoms with Crippen LogP contribution in [0.4, 0.5) is 0 Å². The summed E-state index contributed by atoms with van der Waals surface area (Å²) in [5.74, 6) is 0.659. The highest BCUT2D eigenvalue weighted by Gasteiger charge is 1.93. The topological polar surface area (TPSA) is 0 Å². The fourth-order valence-corrected chi connectivity index (χ4v) is 0.838. The molecule has 0 radical (unpaired) electrons. The van der Waals surface area contributed by atoms with Crippen LogP contribution in [0.2, 0.25) is 0 Å². The van der Waals surface area contributed by atoms with Crippen LogP contribution in [0.1, 0.15) is 39.2 Å². The molecular formula is C11H21P. The molecule has 1 unspecified atom stereocenters. The third-order valence-electron chi connectivity index (χ3n) is 1.47. The quantitative estimate of drug-likeness (QED) is 0.581. The van der Waals surface area contributed by atoms with Gasteiger partial charge >= 0.3 is 0 Å². The van der Waals surface area contributed by atoms with Crippen LogP contribution >= 0.6 is 9.90 Å². The second-order valence-electron chi connectivity index (χ2n) is 2.57. The van der Waals surface area contributed by atoms with Crippen LogP contribution < -0.4 is 0 Å². The van der Waals surface area contributed by atoms with E-state index < -0.39 is 0 Å². The first kappa shape index (κ1) is 14.2. The number of benzene rings is 1. The molecule has 0 saturated heterocycles. The molecule has 0 heterocycles. The van der Waals surface area contributed by atoms with Crippen LogP contribution in [0.15, 0.2) is 30.3 Å². The summed E-state index contributed by atoms with van der Waals surface area (Å²) in [7, 11) is 0. The van der Waals surface area contributed by atoms with Gasteiger partial charge in [0.05, 0.1) is 0 Å². The van der Waals surface area contributed by atoms with Crippen LogP contribution in [0.5, 0.6) is 0 Å². The second kappa shape index (κ2) is 8.74. The Hall–Kier alpha value is -0.350. The molecule has 0 nitrogen and oxygen atoms in total. The largest absolute Gasteiger partial charge is 0.153 e. The van der Waals surface area contributed by atoms with E-state index in [9.17, 15) is 0 Å². The Morgan fingerprint density at radius 2 is 1.33 bits per heavy atom. The van der Waals surface area contributed by atoms with Gasteiger partial charge in [0, 0.05) is 0 Å². The SMILES string of the molecule is CC.CC(C)c1ccccc1.P. The lowest BCUT2D eigenvalue weighted by Gasteiger charge is -2.01. The van der Waals surface area contributed by atoms with Crippen molar-refractivity contribution in [1.82, 2.24) is 0 Å². The normalized spacial score (nSPS) is 8.08. The Bertz CT molecular complexity index is 168. The lowest BCUT2D eigenvalue weighted by molar-refractivity contribution is 0.867. The van der Waals surface area contributed by atoms with E-state index >= 15 is 0 Å². The maximum Gasteiger partial charge on any atom is -0.0219 e. The molecule has 1 aromatic carbocycles. The predicted octanol–water partition coefficient (Wildman–Crippen LogP) is 3.89. The minimum absolute atomic E-state index is 0. The van der Waals surface area contributed by atoms with E-state index in [1.54, 1.807) is 0 Å². The van der Waals surface area contributed by atoms with Crippen molar-refractivity contribution >= 4 is 9.90 Å². The van der Waals surface area contributed by atoms with Crippen molar-refractivity contribution in [3.8, 4) is 0 Å². The Morgan fingerprint density at radius 1 is 0.917 bits per heavy atom. The summed E-state index contributed by atoms with van der Waals surface area (Å²) in [5.41, 5.74) is 1.41. The van der Waals surface area contributed by atoms with Gasteiger partial charge in [0.2, 0.25) is 0 Å². The first-order valence-corrected chi connectivity index (χ1v) is 4.35. The van der Waals surface area contributed by atoms with E-state index in [-0.39, 0.29) is 9.90 Å². The van der Waals surface area contributed by atoms with Gasteiger partial charge in [-0.2, -0.15) is 9.90 Å². The van der Waals surface area contributed by atoms with Crippen LogP contribution in [-0.4, -0.2) is 0 Å². The highest BCUT2D eigenvalue weighted by atomic mass is 31.0. The molecule has 1 aromatic rings. The van der Waals surface area contributed by atoms with E-state index in [1.807, 2.05) is 19.9 Å². The average molecular weight is 184 g/mol. The summed E-state index contributed by atoms with van der Waals surface area (Å²) >= 11 is 0. The summed E-state index contributed by atoms with van der Waals surface area (Å²) in [6.07, 6.45) is 0. The molecule has 12 heavy (non-hydrogen) atoms. The van der Waals surface area contributed by atoms with Crippen LogP contribution in [-0.2, 0) is 0 Å². The zero-order chi connectivity index (χ0) is 8.69. The van der Waals surface area contributed by atoms with E-state index in [2.05, 4.69) is 38.1 Å². The van der Waals surface area contributed by atoms with Crippen molar-refractivity contribution < 1.29 is 0 Å². The molecule has 0 amide bonds. The van der Waals surface area contributed by atoms with E-state index in [1.165, 1.54) is 5.56 Å². The highest BCUT2D eigenvalue weighted by molar-refractivity contribution is 6.92. The number of hydrogen-bond acceptors (Lipinski definition) is 0. The van der Waals surface area contributed by atoms with Crippen molar-refractivity contribution in [2.75, 3.05) is 0 Å². The lowest BCUT2D eigenvalue weighted by atomic mass is 10.0. The minimum atomic E-state index is 0. The summed E-state index contributed by atoms with van der Waals surface area (Å²) in [6, 6.07) is 10.5. The Kier molecular flexibility index (Phi) is 10.3. The van der Waals surface area contributed by atoms with Gasteiger partial charge in [-0.25, -0.2) is 0 Å². The fraction of sp³-hybridized carbons (Fsp3) is 0.455. The molecule has 0 aliphatic carbocycles. The van der Waals surface area contributed by atoms with Gasteiger partial charge < -0.3 is 0 Å². The summed E-state index contributed by atoms with van der Waals surface area (Å²) < 4.78 is 0. The van der Waals surface area contributed by atoms with Gasteiger partial charge in [0.15, 0.2) is 0 Å². The summed E-state index contributed by atoms with van der Waals surface area (Å²) in [5, 5.41) is 0. The van der Waals surface area contributed by atoms with Crippen molar-refractivity contribution in [2.45, 2.75) is 33.6 Å². The summed E-state index contributed by atoms with van der Waals surface area (Å²) in [4.78, 5) is 0. The first-order valence-electron chi connectivity index (χ1n) is 4.35. The van der Waals surface area contributed by atoms with Crippen molar-refractivity contribution in [3.63, 3.8) is 0 Å². The zero-order valence-corrected chi connectivity index (χ0v) is 10.1. The molecule has 0 fully saturated rings. The molecule has 0 aliphatic heterocycles. The number of rotatable bonds is 1. The minimum Gasteiger partial charge on any atom is -0.153 e. The smallest absolute Gasteiger partial charge is 0.0219 e. The van der Waals surface area contributed by atoms with Crippen molar-refractivity contribution in [1.29, 1.82) is 0 Å². The van der Waals surface area contributed by atoms with Gasteiger partial charge in [-0.1, -0.05) is 58.0 Å². The summed E-state index contributed by atoms with van der Waals surface area (Å²) in [6.45, 7) is 8.41. The van der Waals surface area contributed by atoms with Gasteiger partial charge in [0.1, 0.15) is 0 Å². The average Bonchev–Trinajstić information content (AvgIpc) is 2.10. The predicted molar refractivity (Wildman–Crippen MR) is 63.0 cm³/mol. The maximum atomic E-state index is 2.20.